The van der Waals surface area contributed by atoms with Gasteiger partial charge < -0.3 is 20.3 Å². The molecule has 5 heteroatoms. The van der Waals surface area contributed by atoms with Gasteiger partial charge in [-0.3, -0.25) is 0 Å². The summed E-state index contributed by atoms with van der Waals surface area (Å²) in [6, 6.07) is 0.526. The molecule has 1 saturated carbocycles. The maximum Gasteiger partial charge on any atom is 0.317 e. The largest absolute Gasteiger partial charge is 0.375 e. The first-order chi connectivity index (χ1) is 8.31. The van der Waals surface area contributed by atoms with E-state index in [9.17, 15) is 4.79 Å². The molecule has 2 unspecified atom stereocenters. The van der Waals surface area contributed by atoms with Gasteiger partial charge in [-0.1, -0.05) is 12.8 Å². The second-order valence-corrected chi connectivity index (χ2v) is 4.81. The molecule has 0 spiro atoms. The van der Waals surface area contributed by atoms with Crippen LogP contribution in [0.15, 0.2) is 0 Å². The van der Waals surface area contributed by atoms with Crippen molar-refractivity contribution in [2.75, 3.05) is 33.3 Å². The summed E-state index contributed by atoms with van der Waals surface area (Å²) in [6.07, 6.45) is 5.20. The Bertz CT molecular complexity index is 260. The number of nitrogens with one attached hydrogen (secondary N) is 2. The van der Waals surface area contributed by atoms with Crippen molar-refractivity contribution in [2.45, 2.75) is 37.8 Å². The molecular weight excluding hydrogens is 218 g/mol. The number of nitrogens with zero attached hydrogens (tertiary/aromatic N) is 1. The number of likely N-dealkylation sites (N-methyl/N-ethyl adjacent to an activating group) is 1. The minimum absolute atomic E-state index is 0.0439. The van der Waals surface area contributed by atoms with Gasteiger partial charge in [0.1, 0.15) is 0 Å². The molecule has 2 aliphatic rings. The number of carbonyl (C=O) groups is 1. The fourth-order valence-corrected chi connectivity index (χ4v) is 2.67. The van der Waals surface area contributed by atoms with E-state index in [1.165, 1.54) is 19.3 Å². The van der Waals surface area contributed by atoms with Gasteiger partial charge in [-0.25, -0.2) is 4.79 Å². The minimum Gasteiger partial charge on any atom is -0.375 e. The Morgan fingerprint density at radius 3 is 3.00 bits per heavy atom. The van der Waals surface area contributed by atoms with E-state index >= 15 is 0 Å². The molecule has 0 aromatic rings. The number of hydrogen-bond acceptors (Lipinski definition) is 3. The van der Waals surface area contributed by atoms with Crippen molar-refractivity contribution in [2.24, 2.45) is 0 Å². The first kappa shape index (κ1) is 12.6. The van der Waals surface area contributed by atoms with Gasteiger partial charge in [0.2, 0.25) is 0 Å². The van der Waals surface area contributed by atoms with Gasteiger partial charge in [-0.15, -0.1) is 0 Å². The topological polar surface area (TPSA) is 53.6 Å². The highest BCUT2D eigenvalue weighted by atomic mass is 16.5. The number of carbonyl (C=O) groups excluding carboxylic acids is 1. The molecule has 5 nitrogen and oxygen atoms in total. The van der Waals surface area contributed by atoms with E-state index in [-0.39, 0.29) is 6.03 Å². The molecule has 2 N–H and O–H groups in total. The summed E-state index contributed by atoms with van der Waals surface area (Å²) >= 11 is 0. The smallest absolute Gasteiger partial charge is 0.317 e. The fourth-order valence-electron chi connectivity index (χ4n) is 2.67. The normalized spacial score (nSPS) is 29.5. The van der Waals surface area contributed by atoms with E-state index in [4.69, 9.17) is 4.74 Å². The van der Waals surface area contributed by atoms with E-state index in [1.54, 1.807) is 0 Å². The Morgan fingerprint density at radius 2 is 2.29 bits per heavy atom. The minimum atomic E-state index is 0.0439. The Kier molecular flexibility index (Phi) is 4.62. The zero-order valence-electron chi connectivity index (χ0n) is 10.6. The van der Waals surface area contributed by atoms with Crippen molar-refractivity contribution >= 4 is 6.03 Å². The Morgan fingerprint density at radius 1 is 1.47 bits per heavy atom. The lowest BCUT2D eigenvalue weighted by Gasteiger charge is -2.31. The summed E-state index contributed by atoms with van der Waals surface area (Å²) in [5.74, 6) is 0. The van der Waals surface area contributed by atoms with Gasteiger partial charge in [0.15, 0.2) is 0 Å². The molecule has 17 heavy (non-hydrogen) atoms. The van der Waals surface area contributed by atoms with Crippen LogP contribution in [0.3, 0.4) is 0 Å². The molecular formula is C12H23N3O2. The first-order valence-electron chi connectivity index (χ1n) is 6.63. The van der Waals surface area contributed by atoms with Crippen molar-refractivity contribution in [3.05, 3.63) is 0 Å². The lowest BCUT2D eigenvalue weighted by atomic mass is 9.92. The third-order valence-electron chi connectivity index (χ3n) is 3.71. The summed E-state index contributed by atoms with van der Waals surface area (Å²) in [7, 11) is 2.00. The first-order valence-corrected chi connectivity index (χ1v) is 6.63. The summed E-state index contributed by atoms with van der Waals surface area (Å²) in [5.41, 5.74) is 0. The van der Waals surface area contributed by atoms with Crippen molar-refractivity contribution in [1.29, 1.82) is 0 Å². The second kappa shape index (κ2) is 6.21. The zero-order chi connectivity index (χ0) is 12.1. The molecule has 98 valence electrons. The molecule has 0 radical (unpaired) electrons. The maximum atomic E-state index is 11.3. The summed E-state index contributed by atoms with van der Waals surface area (Å²) < 4.78 is 5.91. The van der Waals surface area contributed by atoms with Gasteiger partial charge in [0.05, 0.1) is 12.7 Å². The number of amides is 2. The van der Waals surface area contributed by atoms with Crippen molar-refractivity contribution in [3.63, 3.8) is 0 Å². The van der Waals surface area contributed by atoms with Gasteiger partial charge in [0.25, 0.3) is 0 Å². The molecule has 1 saturated heterocycles. The van der Waals surface area contributed by atoms with Crippen LogP contribution in [-0.4, -0.2) is 56.4 Å². The van der Waals surface area contributed by atoms with E-state index in [1.807, 2.05) is 11.9 Å². The van der Waals surface area contributed by atoms with Crippen LogP contribution in [0.4, 0.5) is 4.79 Å². The second-order valence-electron chi connectivity index (χ2n) is 4.81. The van der Waals surface area contributed by atoms with Gasteiger partial charge in [-0.05, 0) is 19.9 Å². The predicted molar refractivity (Wildman–Crippen MR) is 66.0 cm³/mol. The standard InChI is InChI=1S/C12H23N3O2/c1-13-10-4-2-3-5-11(10)17-9-8-15-7-6-14-12(15)16/h10-11,13H,2-9H2,1H3,(H,14,16). The predicted octanol–water partition coefficient (Wildman–Crippen LogP) is 0.559. The highest BCUT2D eigenvalue weighted by molar-refractivity contribution is 5.76. The lowest BCUT2D eigenvalue weighted by molar-refractivity contribution is 0.00207. The van der Waals surface area contributed by atoms with Gasteiger partial charge >= 0.3 is 6.03 Å². The molecule has 2 amide bonds. The highest BCUT2D eigenvalue weighted by Crippen LogP contribution is 2.20. The van der Waals surface area contributed by atoms with Crippen molar-refractivity contribution in [1.82, 2.24) is 15.5 Å². The van der Waals surface area contributed by atoms with E-state index in [2.05, 4.69) is 10.6 Å². The maximum absolute atomic E-state index is 11.3. The average molecular weight is 241 g/mol. The number of ether oxygens (including phenoxy) is 1. The van der Waals surface area contributed by atoms with Crippen LogP contribution < -0.4 is 10.6 Å². The Labute approximate surface area is 103 Å². The molecule has 1 aliphatic heterocycles. The molecule has 0 aromatic carbocycles. The van der Waals surface area contributed by atoms with Crippen LogP contribution in [0.25, 0.3) is 0 Å². The fraction of sp³-hybridized carbons (Fsp3) is 0.917. The molecule has 2 rings (SSSR count). The summed E-state index contributed by atoms with van der Waals surface area (Å²) in [5, 5.41) is 6.12. The average Bonchev–Trinajstić information content (AvgIpc) is 2.76. The van der Waals surface area contributed by atoms with Crippen LogP contribution in [0.2, 0.25) is 0 Å². The van der Waals surface area contributed by atoms with E-state index in [0.29, 0.717) is 25.3 Å². The molecule has 0 bridgehead atoms. The third-order valence-corrected chi connectivity index (χ3v) is 3.71. The summed E-state index contributed by atoms with van der Waals surface area (Å²) in [4.78, 5) is 13.1. The number of rotatable bonds is 5. The SMILES string of the molecule is CNC1CCCCC1OCCN1CCNC1=O. The van der Waals surface area contributed by atoms with Crippen molar-refractivity contribution in [3.8, 4) is 0 Å². The monoisotopic (exact) mass is 241 g/mol. The van der Waals surface area contributed by atoms with Crippen LogP contribution in [0.5, 0.6) is 0 Å². The van der Waals surface area contributed by atoms with Crippen LogP contribution in [-0.2, 0) is 4.74 Å². The zero-order valence-corrected chi connectivity index (χ0v) is 10.6. The highest BCUT2D eigenvalue weighted by Gasteiger charge is 2.25. The van der Waals surface area contributed by atoms with Gasteiger partial charge in [0, 0.05) is 25.7 Å². The summed E-state index contributed by atoms with van der Waals surface area (Å²) in [6.45, 7) is 2.93. The van der Waals surface area contributed by atoms with E-state index in [0.717, 1.165) is 19.5 Å². The van der Waals surface area contributed by atoms with Crippen LogP contribution >= 0.6 is 0 Å². The number of hydrogen-bond donors (Lipinski definition) is 2. The molecule has 2 fully saturated rings. The Hall–Kier alpha value is -0.810. The molecule has 2 atom stereocenters. The van der Waals surface area contributed by atoms with Crippen LogP contribution in [0, 0.1) is 0 Å². The lowest BCUT2D eigenvalue weighted by Crippen LogP contribution is -2.43. The quantitative estimate of drug-likeness (QED) is 0.739. The number of urea groups is 1. The Balaban J connectivity index is 1.68. The van der Waals surface area contributed by atoms with Crippen molar-refractivity contribution < 1.29 is 9.53 Å². The van der Waals surface area contributed by atoms with Gasteiger partial charge in [-0.2, -0.15) is 0 Å². The van der Waals surface area contributed by atoms with Crippen LogP contribution in [0.1, 0.15) is 25.7 Å². The molecule has 0 aromatic heterocycles. The molecule has 1 aliphatic carbocycles. The van der Waals surface area contributed by atoms with E-state index < -0.39 is 0 Å². The third kappa shape index (κ3) is 3.33. The molecule has 1 heterocycles.